The van der Waals surface area contributed by atoms with Crippen molar-refractivity contribution in [3.8, 4) is 0 Å². The quantitative estimate of drug-likeness (QED) is 0.0555. The molecule has 2 nitrogen and oxygen atoms in total. The zero-order valence-corrected chi connectivity index (χ0v) is 54.7. The molecule has 0 aromatic heterocycles. The highest BCUT2D eigenvalue weighted by atomic mass is 127. The van der Waals surface area contributed by atoms with Gasteiger partial charge in [0.2, 0.25) is 0 Å². The number of aryl methyl sites for hydroxylation is 8. The summed E-state index contributed by atoms with van der Waals surface area (Å²) in [5.41, 5.74) is 19.7. The standard InChI is InChI=1S/C36H43NP2.C24H34NP.C12H10IP/c1-6-7-20-37(38(33-14-10-8-11-15-33)34-16-12-9-13-17-34)39-35(31-23-27(2)21-28(3)24-31)18-19-36(39)32-25-29(4)22-30(5)26-32;1-6-7-10-25-26-23(21-13-17(2)11-18(3)14-21)8-9-24(26)22-15-19(4)12-20(5)16-22;13-14(11-7-3-1-4-8-11)12-9-5-2-6-10-12/h8-17,21-26,35-36H,6-7,18-20H2,1-5H3;11-16,23-25H,6-10H2,1-5H3;1-10H/t35-,36-;23-,24-;/m00./s1. The fourth-order valence-electron chi connectivity index (χ4n) is 12.1. The zero-order valence-electron chi connectivity index (χ0n) is 49.0. The minimum Gasteiger partial charge on any atom is -0.295 e. The molecular formula is C72H87IN2P4. The van der Waals surface area contributed by atoms with Crippen LogP contribution in [-0.4, -0.2) is 17.5 Å². The van der Waals surface area contributed by atoms with E-state index in [0.29, 0.717) is 22.6 Å². The maximum atomic E-state index is 4.02. The van der Waals surface area contributed by atoms with Gasteiger partial charge in [-0.2, -0.15) is 0 Å². The molecule has 0 aliphatic carbocycles. The molecular weight excluding hydrogens is 1140 g/mol. The first kappa shape index (κ1) is 61.2. The van der Waals surface area contributed by atoms with E-state index in [4.69, 9.17) is 0 Å². The molecule has 79 heavy (non-hydrogen) atoms. The first-order chi connectivity index (χ1) is 38.3. The van der Waals surface area contributed by atoms with Crippen LogP contribution in [-0.2, 0) is 0 Å². The van der Waals surface area contributed by atoms with E-state index in [2.05, 4.69) is 295 Å². The van der Waals surface area contributed by atoms with Gasteiger partial charge in [-0.3, -0.25) is 9.53 Å². The maximum absolute atomic E-state index is 4.02. The Kier molecular flexibility index (Phi) is 23.6. The van der Waals surface area contributed by atoms with Crippen LogP contribution in [0.4, 0.5) is 0 Å². The van der Waals surface area contributed by atoms with Crippen molar-refractivity contribution < 1.29 is 0 Å². The molecule has 8 aromatic rings. The van der Waals surface area contributed by atoms with Gasteiger partial charge in [0.1, 0.15) is 0 Å². The number of nitrogens with one attached hydrogen (secondary N) is 1. The smallest absolute Gasteiger partial charge is 0.0318 e. The molecule has 4 atom stereocenters. The highest BCUT2D eigenvalue weighted by molar-refractivity contribution is 14.2. The fraction of sp³-hybridized carbons (Fsp3) is 0.333. The van der Waals surface area contributed by atoms with Crippen LogP contribution in [0.15, 0.2) is 194 Å². The summed E-state index contributed by atoms with van der Waals surface area (Å²) in [6.45, 7) is 25.0. The van der Waals surface area contributed by atoms with E-state index < -0.39 is 16.1 Å². The molecule has 0 spiro atoms. The Morgan fingerprint density at radius 3 is 1.01 bits per heavy atom. The minimum absolute atomic E-state index is 0.201. The minimum atomic E-state index is -0.639. The molecule has 10 rings (SSSR count). The summed E-state index contributed by atoms with van der Waals surface area (Å²) in [6, 6.07) is 73.0. The molecule has 1 N–H and O–H groups in total. The van der Waals surface area contributed by atoms with Crippen LogP contribution in [0.25, 0.3) is 0 Å². The average molecular weight is 1230 g/mol. The molecule has 2 aliphatic rings. The first-order valence-corrected chi connectivity index (χ1v) is 37.5. The van der Waals surface area contributed by atoms with E-state index in [1.807, 2.05) is 0 Å². The summed E-state index contributed by atoms with van der Waals surface area (Å²) in [5.74, 6) is 0. The lowest BCUT2D eigenvalue weighted by Crippen LogP contribution is -2.27. The number of benzene rings is 8. The zero-order chi connectivity index (χ0) is 55.8. The molecule has 2 heterocycles. The van der Waals surface area contributed by atoms with Gasteiger partial charge in [0, 0.05) is 42.8 Å². The van der Waals surface area contributed by atoms with Gasteiger partial charge in [-0.05, 0) is 182 Å². The first-order valence-electron chi connectivity index (χ1n) is 29.2. The van der Waals surface area contributed by atoms with Crippen LogP contribution < -0.4 is 26.3 Å². The van der Waals surface area contributed by atoms with Crippen molar-refractivity contribution in [1.29, 1.82) is 0 Å². The van der Waals surface area contributed by atoms with Crippen LogP contribution in [0.2, 0.25) is 0 Å². The SMILES string of the molecule is CCCCN(P(c1ccccc1)c1ccccc1)P1[C@H](c2cc(C)cc(C)c2)CC[C@H]1c1cc(C)cc(C)c1.CCCCNP1[C@H](c2cc(C)cc(C)c2)CC[C@H]1c1cc(C)cc(C)c1.IP(c1ccccc1)c1ccccc1. The summed E-state index contributed by atoms with van der Waals surface area (Å²) < 4.78 is 3.04. The predicted octanol–water partition coefficient (Wildman–Crippen LogP) is 20.8. The number of hydrogen-bond acceptors (Lipinski definition) is 2. The monoisotopic (exact) mass is 1230 g/mol. The summed E-state index contributed by atoms with van der Waals surface area (Å²) in [7, 11) is -1.35. The Balaban J connectivity index is 0.000000175. The highest BCUT2D eigenvalue weighted by Crippen LogP contribution is 2.76. The maximum Gasteiger partial charge on any atom is 0.0318 e. The molecule has 0 unspecified atom stereocenters. The molecule has 0 amide bonds. The number of nitrogens with zero attached hydrogens (tertiary/aromatic N) is 1. The number of hydrogen-bond donors (Lipinski definition) is 1. The van der Waals surface area contributed by atoms with Gasteiger partial charge >= 0.3 is 0 Å². The van der Waals surface area contributed by atoms with E-state index in [1.165, 1.54) is 117 Å². The van der Waals surface area contributed by atoms with Crippen LogP contribution in [0.3, 0.4) is 0 Å². The van der Waals surface area contributed by atoms with Crippen LogP contribution in [0.5, 0.6) is 0 Å². The Hall–Kier alpha value is -3.87. The molecule has 8 aromatic carbocycles. The third kappa shape index (κ3) is 16.9. The molecule has 0 saturated carbocycles. The Morgan fingerprint density at radius 2 is 0.696 bits per heavy atom. The van der Waals surface area contributed by atoms with Crippen LogP contribution in [0.1, 0.15) is 155 Å². The molecule has 412 valence electrons. The number of halogens is 1. The van der Waals surface area contributed by atoms with Gasteiger partial charge in [-0.25, -0.2) is 0 Å². The lowest BCUT2D eigenvalue weighted by atomic mass is 9.99. The van der Waals surface area contributed by atoms with Crippen molar-refractivity contribution in [3.63, 3.8) is 0 Å². The van der Waals surface area contributed by atoms with Crippen molar-refractivity contribution >= 4 is 73.0 Å². The van der Waals surface area contributed by atoms with Crippen LogP contribution in [0, 0.1) is 55.4 Å². The molecule has 2 saturated heterocycles. The summed E-state index contributed by atoms with van der Waals surface area (Å²) in [4.78, 5) is 0. The highest BCUT2D eigenvalue weighted by Gasteiger charge is 2.44. The van der Waals surface area contributed by atoms with Crippen molar-refractivity contribution in [3.05, 3.63) is 261 Å². The second-order valence-corrected chi connectivity index (χ2v) is 34.1. The fourth-order valence-corrected chi connectivity index (χ4v) is 25.7. The number of rotatable bonds is 17. The summed E-state index contributed by atoms with van der Waals surface area (Å²) in [6.07, 6.45) is 10.1. The Morgan fingerprint density at radius 1 is 0.405 bits per heavy atom. The lowest BCUT2D eigenvalue weighted by molar-refractivity contribution is 0.632. The van der Waals surface area contributed by atoms with E-state index in [-0.39, 0.29) is 13.6 Å². The largest absolute Gasteiger partial charge is 0.295 e. The molecule has 7 heteroatoms. The van der Waals surface area contributed by atoms with Crippen LogP contribution >= 0.6 is 51.8 Å². The van der Waals surface area contributed by atoms with E-state index in [1.54, 1.807) is 22.3 Å². The molecule has 2 fully saturated rings. The lowest BCUT2D eigenvalue weighted by Gasteiger charge is -2.42. The van der Waals surface area contributed by atoms with Gasteiger partial charge < -0.3 is 0 Å². The van der Waals surface area contributed by atoms with Crippen molar-refractivity contribution in [1.82, 2.24) is 9.53 Å². The van der Waals surface area contributed by atoms with Gasteiger partial charge in [0.05, 0.1) is 0 Å². The van der Waals surface area contributed by atoms with Crippen molar-refractivity contribution in [2.75, 3.05) is 13.1 Å². The number of unbranched alkanes of at least 4 members (excludes halogenated alkanes) is 2. The molecule has 0 radical (unpaired) electrons. The molecule has 0 bridgehead atoms. The van der Waals surface area contributed by atoms with E-state index >= 15 is 0 Å². The molecule has 2 aliphatic heterocycles. The average Bonchev–Trinajstić information content (AvgIpc) is 4.34. The van der Waals surface area contributed by atoms with Gasteiger partial charge in [0.25, 0.3) is 0 Å². The topological polar surface area (TPSA) is 15.3 Å². The van der Waals surface area contributed by atoms with E-state index in [9.17, 15) is 0 Å². The van der Waals surface area contributed by atoms with E-state index in [0.717, 1.165) is 13.1 Å². The Bertz CT molecular complexity index is 2860. The summed E-state index contributed by atoms with van der Waals surface area (Å²) >= 11 is 2.54. The van der Waals surface area contributed by atoms with Crippen molar-refractivity contribution in [2.24, 2.45) is 0 Å². The summed E-state index contributed by atoms with van der Waals surface area (Å²) in [5, 5.41) is 9.82. The third-order valence-electron chi connectivity index (χ3n) is 15.3. The normalized spacial score (nSPS) is 17.4. The van der Waals surface area contributed by atoms with Gasteiger partial charge in [0.15, 0.2) is 0 Å². The van der Waals surface area contributed by atoms with Gasteiger partial charge in [-0.15, -0.1) is 0 Å². The second-order valence-electron chi connectivity index (χ2n) is 22.3. The third-order valence-corrected chi connectivity index (χ3v) is 29.7. The Labute approximate surface area is 496 Å². The van der Waals surface area contributed by atoms with Gasteiger partial charge in [-0.1, -0.05) is 265 Å². The second kappa shape index (κ2) is 30.4. The predicted molar refractivity (Wildman–Crippen MR) is 364 cm³/mol. The van der Waals surface area contributed by atoms with Crippen molar-refractivity contribution in [2.45, 2.75) is 143 Å².